The third-order valence-electron chi connectivity index (χ3n) is 5.55. The Labute approximate surface area is 225 Å². The van der Waals surface area contributed by atoms with E-state index in [1.54, 1.807) is 13.2 Å². The number of benzene rings is 2. The highest BCUT2D eigenvalue weighted by molar-refractivity contribution is 7.89. The van der Waals surface area contributed by atoms with E-state index in [2.05, 4.69) is 10.3 Å². The number of fused-ring (bicyclic) bond motifs is 1. The number of carbonyl (C=O) groups is 2. The number of aromatic nitrogens is 1. The standard InChI is InChI=1S/C25H32N4O7S2/c1-18(30)26-20-7-10-22-23(17-20)37-25(29(22)13-16-36-4)27-24(31)19-5-8-21(9-6-19)38(32,33)28(11-14-34-2)12-15-35-3/h5-10,17H,11-16H2,1-4H3,(H,26,30). The molecule has 11 nitrogen and oxygen atoms in total. The van der Waals surface area contributed by atoms with Crippen LogP contribution in [0, 0.1) is 0 Å². The number of thiazole rings is 1. The molecule has 38 heavy (non-hydrogen) atoms. The van der Waals surface area contributed by atoms with Crippen molar-refractivity contribution in [3.63, 3.8) is 0 Å². The zero-order chi connectivity index (χ0) is 27.7. The fraction of sp³-hybridized carbons (Fsp3) is 0.400. The highest BCUT2D eigenvalue weighted by Crippen LogP contribution is 2.22. The van der Waals surface area contributed by atoms with E-state index < -0.39 is 15.9 Å². The van der Waals surface area contributed by atoms with Crippen molar-refractivity contribution in [2.45, 2.75) is 18.4 Å². The zero-order valence-corrected chi connectivity index (χ0v) is 23.4. The van der Waals surface area contributed by atoms with Gasteiger partial charge in [0.1, 0.15) is 0 Å². The van der Waals surface area contributed by atoms with Gasteiger partial charge in [-0.1, -0.05) is 11.3 Å². The lowest BCUT2D eigenvalue weighted by molar-refractivity contribution is -0.114. The first-order valence-electron chi connectivity index (χ1n) is 11.8. The smallest absolute Gasteiger partial charge is 0.279 e. The minimum absolute atomic E-state index is 0.0591. The van der Waals surface area contributed by atoms with Gasteiger partial charge < -0.3 is 24.1 Å². The van der Waals surface area contributed by atoms with Gasteiger partial charge in [-0.3, -0.25) is 9.59 Å². The van der Waals surface area contributed by atoms with Gasteiger partial charge in [0.05, 0.1) is 34.9 Å². The topological polar surface area (TPSA) is 129 Å². The van der Waals surface area contributed by atoms with Crippen molar-refractivity contribution in [3.05, 3.63) is 52.8 Å². The van der Waals surface area contributed by atoms with Gasteiger partial charge >= 0.3 is 0 Å². The molecule has 0 bridgehead atoms. The molecule has 0 atom stereocenters. The third-order valence-corrected chi connectivity index (χ3v) is 8.50. The molecule has 0 spiro atoms. The van der Waals surface area contributed by atoms with E-state index in [4.69, 9.17) is 14.2 Å². The summed E-state index contributed by atoms with van der Waals surface area (Å²) in [6, 6.07) is 11.2. The van der Waals surface area contributed by atoms with Crippen LogP contribution < -0.4 is 10.1 Å². The minimum atomic E-state index is -3.81. The van der Waals surface area contributed by atoms with Gasteiger partial charge in [0.2, 0.25) is 15.9 Å². The van der Waals surface area contributed by atoms with E-state index in [1.165, 1.54) is 61.1 Å². The van der Waals surface area contributed by atoms with Crippen molar-refractivity contribution in [1.82, 2.24) is 8.87 Å². The number of nitrogens with zero attached hydrogens (tertiary/aromatic N) is 3. The van der Waals surface area contributed by atoms with Crippen molar-refractivity contribution >= 4 is 49.1 Å². The predicted molar refractivity (Wildman–Crippen MR) is 145 cm³/mol. The Bertz CT molecular complexity index is 1420. The molecule has 3 rings (SSSR count). The molecule has 2 aromatic carbocycles. The maximum absolute atomic E-state index is 13.1. The molecule has 0 aliphatic heterocycles. The summed E-state index contributed by atoms with van der Waals surface area (Å²) in [6.45, 7) is 3.15. The summed E-state index contributed by atoms with van der Waals surface area (Å²) in [5.41, 5.74) is 1.74. The highest BCUT2D eigenvalue weighted by atomic mass is 32.2. The first-order valence-corrected chi connectivity index (χ1v) is 14.0. The van der Waals surface area contributed by atoms with Crippen LogP contribution >= 0.6 is 11.3 Å². The number of amides is 2. The van der Waals surface area contributed by atoms with E-state index in [1.807, 2.05) is 16.7 Å². The quantitative estimate of drug-likeness (QED) is 0.337. The van der Waals surface area contributed by atoms with Crippen LogP contribution in [0.4, 0.5) is 5.69 Å². The van der Waals surface area contributed by atoms with Gasteiger partial charge in [0.15, 0.2) is 4.80 Å². The lowest BCUT2D eigenvalue weighted by Gasteiger charge is -2.21. The van der Waals surface area contributed by atoms with Gasteiger partial charge in [-0.25, -0.2) is 8.42 Å². The number of anilines is 1. The van der Waals surface area contributed by atoms with Crippen LogP contribution in [-0.2, 0) is 35.6 Å². The molecular formula is C25H32N4O7S2. The van der Waals surface area contributed by atoms with Crippen LogP contribution in [0.5, 0.6) is 0 Å². The Hall–Kier alpha value is -2.94. The number of carbonyl (C=O) groups excluding carboxylic acids is 2. The van der Waals surface area contributed by atoms with Crippen LogP contribution in [0.1, 0.15) is 17.3 Å². The van der Waals surface area contributed by atoms with Crippen LogP contribution in [0.3, 0.4) is 0 Å². The Morgan fingerprint density at radius 2 is 1.61 bits per heavy atom. The Kier molecular flexibility index (Phi) is 10.7. The second kappa shape index (κ2) is 13.7. The van der Waals surface area contributed by atoms with E-state index in [0.717, 1.165) is 10.2 Å². The van der Waals surface area contributed by atoms with E-state index >= 15 is 0 Å². The van der Waals surface area contributed by atoms with E-state index in [-0.39, 0.29) is 42.7 Å². The molecule has 1 aromatic heterocycles. The molecule has 2 amide bonds. The number of hydrogen-bond donors (Lipinski definition) is 1. The molecule has 0 aliphatic carbocycles. The predicted octanol–water partition coefficient (Wildman–Crippen LogP) is 2.33. The van der Waals surface area contributed by atoms with Gasteiger partial charge in [0, 0.05) is 59.1 Å². The van der Waals surface area contributed by atoms with Crippen molar-refractivity contribution in [2.24, 2.45) is 4.99 Å². The molecule has 206 valence electrons. The Balaban J connectivity index is 1.93. The fourth-order valence-corrected chi connectivity index (χ4v) is 6.15. The number of sulfonamides is 1. The fourth-order valence-electron chi connectivity index (χ4n) is 3.65. The number of nitrogens with one attached hydrogen (secondary N) is 1. The lowest BCUT2D eigenvalue weighted by atomic mass is 10.2. The molecule has 0 fully saturated rings. The maximum atomic E-state index is 13.1. The number of methoxy groups -OCH3 is 3. The molecule has 0 radical (unpaired) electrons. The molecule has 1 N–H and O–H groups in total. The van der Waals surface area contributed by atoms with Crippen LogP contribution in [0.15, 0.2) is 52.4 Å². The second-order valence-corrected chi connectivity index (χ2v) is 11.2. The van der Waals surface area contributed by atoms with Crippen LogP contribution in [-0.4, -0.2) is 83.3 Å². The summed E-state index contributed by atoms with van der Waals surface area (Å²) < 4.78 is 45.5. The zero-order valence-electron chi connectivity index (χ0n) is 21.8. The van der Waals surface area contributed by atoms with Gasteiger partial charge in [0.25, 0.3) is 5.91 Å². The van der Waals surface area contributed by atoms with Crippen LogP contribution in [0.2, 0.25) is 0 Å². The molecule has 0 unspecified atom stereocenters. The normalized spacial score (nSPS) is 12.4. The first kappa shape index (κ1) is 29.6. The van der Waals surface area contributed by atoms with Gasteiger partial charge in [-0.05, 0) is 42.5 Å². The molecule has 0 saturated heterocycles. The minimum Gasteiger partial charge on any atom is -0.383 e. The SMILES string of the molecule is COCCN(CCOC)S(=O)(=O)c1ccc(C(=O)N=c2sc3cc(NC(C)=O)ccc3n2CCOC)cc1. The van der Waals surface area contributed by atoms with Gasteiger partial charge in [-0.2, -0.15) is 9.30 Å². The number of rotatable bonds is 13. The summed E-state index contributed by atoms with van der Waals surface area (Å²) in [4.78, 5) is 29.3. The first-order chi connectivity index (χ1) is 18.2. The largest absolute Gasteiger partial charge is 0.383 e. The average Bonchev–Trinajstić information content (AvgIpc) is 3.22. The second-order valence-electron chi connectivity index (χ2n) is 8.22. The van der Waals surface area contributed by atoms with Crippen molar-refractivity contribution in [3.8, 4) is 0 Å². The highest BCUT2D eigenvalue weighted by Gasteiger charge is 2.24. The summed E-state index contributed by atoms with van der Waals surface area (Å²) in [6.07, 6.45) is 0. The average molecular weight is 565 g/mol. The Morgan fingerprint density at radius 1 is 0.974 bits per heavy atom. The summed E-state index contributed by atoms with van der Waals surface area (Å²) in [5.74, 6) is -0.691. The summed E-state index contributed by atoms with van der Waals surface area (Å²) in [5, 5.41) is 2.75. The van der Waals surface area contributed by atoms with Crippen molar-refractivity contribution < 1.29 is 32.2 Å². The van der Waals surface area contributed by atoms with Crippen molar-refractivity contribution in [2.75, 3.05) is 59.6 Å². The monoisotopic (exact) mass is 564 g/mol. The summed E-state index contributed by atoms with van der Waals surface area (Å²) in [7, 11) is 0.787. The molecule has 0 saturated carbocycles. The maximum Gasteiger partial charge on any atom is 0.279 e. The lowest BCUT2D eigenvalue weighted by Crippen LogP contribution is -2.36. The van der Waals surface area contributed by atoms with Gasteiger partial charge in [-0.15, -0.1) is 0 Å². The number of ether oxygens (including phenoxy) is 3. The molecular weight excluding hydrogens is 532 g/mol. The molecule has 0 aliphatic rings. The van der Waals surface area contributed by atoms with E-state index in [0.29, 0.717) is 23.6 Å². The molecule has 1 heterocycles. The number of hydrogen-bond acceptors (Lipinski definition) is 8. The van der Waals surface area contributed by atoms with E-state index in [9.17, 15) is 18.0 Å². The summed E-state index contributed by atoms with van der Waals surface area (Å²) >= 11 is 1.31. The Morgan fingerprint density at radius 3 is 2.18 bits per heavy atom. The third kappa shape index (κ3) is 7.34. The molecule has 13 heteroatoms. The molecule has 3 aromatic rings. The van der Waals surface area contributed by atoms with Crippen LogP contribution in [0.25, 0.3) is 10.2 Å². The van der Waals surface area contributed by atoms with Crippen molar-refractivity contribution in [1.29, 1.82) is 0 Å².